The number of halogens is 1. The molecule has 0 aliphatic rings. The van der Waals surface area contributed by atoms with Gasteiger partial charge < -0.3 is 4.55 Å². The topological polar surface area (TPSA) is 39.2 Å². The highest BCUT2D eigenvalue weighted by Crippen LogP contribution is 2.30. The monoisotopic (exact) mass is 346 g/mol. The summed E-state index contributed by atoms with van der Waals surface area (Å²) in [6.07, 6.45) is 1.87. The van der Waals surface area contributed by atoms with Gasteiger partial charge in [-0.1, -0.05) is 0 Å². The Hall–Kier alpha value is -0.100. The highest BCUT2D eigenvalue weighted by Gasteiger charge is 2.35. The summed E-state index contributed by atoms with van der Waals surface area (Å²) in [6, 6.07) is 2.14. The van der Waals surface area contributed by atoms with Crippen molar-refractivity contribution in [1.29, 1.82) is 0 Å². The summed E-state index contributed by atoms with van der Waals surface area (Å²) < 4.78 is 15.3. The summed E-state index contributed by atoms with van der Waals surface area (Å²) >= 11 is 2.48. The highest BCUT2D eigenvalue weighted by molar-refractivity contribution is 9.10. The average Bonchev–Trinajstić information content (AvgIpc) is 2.32. The summed E-state index contributed by atoms with van der Waals surface area (Å²) in [6.45, 7) is 12.8. The minimum absolute atomic E-state index is 0.0782. The van der Waals surface area contributed by atoms with Gasteiger partial charge in [0.05, 0.1) is 11.7 Å². The molecule has 108 valence electrons. The molecule has 0 bridgehead atoms. The van der Waals surface area contributed by atoms with Crippen molar-refractivity contribution in [3.63, 3.8) is 0 Å². The van der Waals surface area contributed by atoms with Crippen molar-refractivity contribution >= 4 is 27.3 Å². The fourth-order valence-corrected chi connectivity index (χ4v) is 3.52. The van der Waals surface area contributed by atoms with E-state index in [1.807, 2.05) is 45.1 Å². The van der Waals surface area contributed by atoms with Crippen molar-refractivity contribution in [2.75, 3.05) is 6.54 Å². The van der Waals surface area contributed by atoms with E-state index in [0.29, 0.717) is 0 Å². The fraction of sp³-hybridized carbons (Fsp3) is 0.643. The van der Waals surface area contributed by atoms with Gasteiger partial charge in [0.1, 0.15) is 4.75 Å². The Morgan fingerprint density at radius 2 is 2.05 bits per heavy atom. The van der Waals surface area contributed by atoms with E-state index >= 15 is 0 Å². The lowest BCUT2D eigenvalue weighted by molar-refractivity contribution is 0.344. The minimum atomic E-state index is -1.03. The standard InChI is InChI=1S/C14H23BrN2OS/c1-7-17(19(18)14(4,5)6)11(3)12-8-13(15)10(2)16-9-12/h8-9,11H,7H2,1-6H3/t11?,19-/m1/s1. The number of aromatic nitrogens is 1. The van der Waals surface area contributed by atoms with Crippen LogP contribution in [0.1, 0.15) is 51.9 Å². The first-order valence-electron chi connectivity index (χ1n) is 6.49. The lowest BCUT2D eigenvalue weighted by Crippen LogP contribution is -2.44. The SMILES string of the molecule is CCN(C(C)c1cnc(C)c(Br)c1)[S@+]([O-])C(C)(C)C. The van der Waals surface area contributed by atoms with Crippen molar-refractivity contribution in [3.8, 4) is 0 Å². The van der Waals surface area contributed by atoms with E-state index in [1.165, 1.54) is 0 Å². The maximum atomic E-state index is 12.6. The molecule has 0 N–H and O–H groups in total. The fourth-order valence-electron chi connectivity index (χ4n) is 1.80. The molecule has 0 saturated carbocycles. The molecule has 0 amide bonds. The molecule has 1 unspecified atom stereocenters. The van der Waals surface area contributed by atoms with Gasteiger partial charge >= 0.3 is 0 Å². The van der Waals surface area contributed by atoms with Gasteiger partial charge in [-0.2, -0.15) is 0 Å². The van der Waals surface area contributed by atoms with Gasteiger partial charge in [-0.15, -0.1) is 4.31 Å². The molecule has 0 radical (unpaired) electrons. The van der Waals surface area contributed by atoms with Crippen molar-refractivity contribution in [2.24, 2.45) is 0 Å². The van der Waals surface area contributed by atoms with Gasteiger partial charge in [-0.3, -0.25) is 4.98 Å². The third kappa shape index (κ3) is 4.18. The van der Waals surface area contributed by atoms with Gasteiger partial charge in [-0.05, 0) is 69.1 Å². The highest BCUT2D eigenvalue weighted by atomic mass is 79.9. The summed E-state index contributed by atoms with van der Waals surface area (Å²) in [5.41, 5.74) is 2.05. The van der Waals surface area contributed by atoms with Crippen LogP contribution in [0.3, 0.4) is 0 Å². The zero-order valence-electron chi connectivity index (χ0n) is 12.5. The second-order valence-electron chi connectivity index (χ2n) is 5.61. The predicted octanol–water partition coefficient (Wildman–Crippen LogP) is 4.00. The van der Waals surface area contributed by atoms with E-state index in [0.717, 1.165) is 22.3 Å². The lowest BCUT2D eigenvalue weighted by Gasteiger charge is -2.35. The second kappa shape index (κ2) is 6.57. The molecule has 1 heterocycles. The molecular weight excluding hydrogens is 324 g/mol. The van der Waals surface area contributed by atoms with Crippen molar-refractivity contribution in [2.45, 2.75) is 52.3 Å². The third-order valence-electron chi connectivity index (χ3n) is 3.01. The van der Waals surface area contributed by atoms with Crippen molar-refractivity contribution in [1.82, 2.24) is 9.29 Å². The molecule has 2 atom stereocenters. The number of rotatable bonds is 4. The lowest BCUT2D eigenvalue weighted by atomic mass is 10.1. The van der Waals surface area contributed by atoms with E-state index in [1.54, 1.807) is 0 Å². The quantitative estimate of drug-likeness (QED) is 0.773. The zero-order chi connectivity index (χ0) is 14.8. The largest absolute Gasteiger partial charge is 0.597 e. The molecule has 0 aromatic carbocycles. The first-order chi connectivity index (χ1) is 8.68. The van der Waals surface area contributed by atoms with Crippen LogP contribution < -0.4 is 0 Å². The van der Waals surface area contributed by atoms with Crippen LogP contribution in [0.5, 0.6) is 0 Å². The Bertz CT molecular complexity index is 434. The maximum Gasteiger partial charge on any atom is 0.137 e. The van der Waals surface area contributed by atoms with Crippen LogP contribution in [0.2, 0.25) is 0 Å². The molecule has 0 spiro atoms. The predicted molar refractivity (Wildman–Crippen MR) is 85.4 cm³/mol. The molecule has 0 aliphatic heterocycles. The Labute approximate surface area is 128 Å². The van der Waals surface area contributed by atoms with E-state index in [2.05, 4.69) is 33.9 Å². The number of aryl methyl sites for hydroxylation is 1. The molecule has 0 fully saturated rings. The number of hydrogen-bond donors (Lipinski definition) is 0. The first-order valence-corrected chi connectivity index (χ1v) is 8.39. The van der Waals surface area contributed by atoms with E-state index < -0.39 is 11.4 Å². The van der Waals surface area contributed by atoms with Crippen LogP contribution in [-0.4, -0.2) is 25.1 Å². The van der Waals surface area contributed by atoms with Crippen LogP contribution in [0.25, 0.3) is 0 Å². The molecule has 1 aromatic heterocycles. The molecule has 5 heteroatoms. The van der Waals surface area contributed by atoms with Gasteiger partial charge in [-0.25, -0.2) is 0 Å². The summed E-state index contributed by atoms with van der Waals surface area (Å²) in [5, 5.41) is 0. The molecule has 3 nitrogen and oxygen atoms in total. The van der Waals surface area contributed by atoms with Crippen LogP contribution in [0, 0.1) is 6.92 Å². The molecular formula is C14H23BrN2OS. The summed E-state index contributed by atoms with van der Waals surface area (Å²) in [7, 11) is 0. The molecule has 19 heavy (non-hydrogen) atoms. The van der Waals surface area contributed by atoms with Gasteiger partial charge in [0.25, 0.3) is 0 Å². The van der Waals surface area contributed by atoms with Gasteiger partial charge in [0, 0.05) is 28.6 Å². The van der Waals surface area contributed by atoms with Crippen LogP contribution >= 0.6 is 15.9 Å². The zero-order valence-corrected chi connectivity index (χ0v) is 14.9. The Balaban J connectivity index is 3.01. The van der Waals surface area contributed by atoms with Crippen LogP contribution in [-0.2, 0) is 11.4 Å². The first kappa shape index (κ1) is 17.0. The number of nitrogens with zero attached hydrogens (tertiary/aromatic N) is 2. The van der Waals surface area contributed by atoms with E-state index in [4.69, 9.17) is 0 Å². The smallest absolute Gasteiger partial charge is 0.137 e. The van der Waals surface area contributed by atoms with Gasteiger partial charge in [0.15, 0.2) is 0 Å². The average molecular weight is 347 g/mol. The van der Waals surface area contributed by atoms with E-state index in [-0.39, 0.29) is 10.8 Å². The van der Waals surface area contributed by atoms with Gasteiger partial charge in [0.2, 0.25) is 0 Å². The van der Waals surface area contributed by atoms with Crippen LogP contribution in [0.4, 0.5) is 0 Å². The minimum Gasteiger partial charge on any atom is -0.597 e. The third-order valence-corrected chi connectivity index (χ3v) is 5.86. The molecule has 1 rings (SSSR count). The summed E-state index contributed by atoms with van der Waals surface area (Å²) in [5.74, 6) is 0. The van der Waals surface area contributed by atoms with Crippen LogP contribution in [0.15, 0.2) is 16.7 Å². The van der Waals surface area contributed by atoms with Crippen molar-refractivity contribution in [3.05, 3.63) is 28.0 Å². The number of pyridine rings is 1. The molecule has 1 aromatic rings. The summed E-state index contributed by atoms with van der Waals surface area (Å²) in [4.78, 5) is 4.37. The molecule has 0 saturated heterocycles. The maximum absolute atomic E-state index is 12.6. The Morgan fingerprint density at radius 1 is 1.47 bits per heavy atom. The second-order valence-corrected chi connectivity index (χ2v) is 8.65. The van der Waals surface area contributed by atoms with Crippen molar-refractivity contribution < 1.29 is 4.55 Å². The normalized spacial score (nSPS) is 15.6. The number of hydrogen-bond acceptors (Lipinski definition) is 3. The Kier molecular flexibility index (Phi) is 5.86. The molecule has 0 aliphatic carbocycles. The van der Waals surface area contributed by atoms with E-state index in [9.17, 15) is 4.55 Å². The Morgan fingerprint density at radius 3 is 2.47 bits per heavy atom.